The lowest BCUT2D eigenvalue weighted by molar-refractivity contribution is -0.117. The van der Waals surface area contributed by atoms with Gasteiger partial charge in [-0.1, -0.05) is 23.2 Å². The fourth-order valence-electron chi connectivity index (χ4n) is 0.959. The maximum Gasteiger partial charge on any atom is 0.253 e. The zero-order valence-electron chi connectivity index (χ0n) is 7.89. The van der Waals surface area contributed by atoms with Gasteiger partial charge in [0, 0.05) is 0 Å². The third-order valence-electron chi connectivity index (χ3n) is 1.68. The summed E-state index contributed by atoms with van der Waals surface area (Å²) in [5.74, 6) is -2.17. The molecule has 0 fully saturated rings. The molecule has 0 aromatic heterocycles. The van der Waals surface area contributed by atoms with Crippen molar-refractivity contribution in [1.82, 2.24) is 5.32 Å². The van der Waals surface area contributed by atoms with E-state index in [1.165, 1.54) is 0 Å². The summed E-state index contributed by atoms with van der Waals surface area (Å²) >= 11 is 11.1. The Bertz CT molecular complexity index is 451. The number of amides is 2. The first-order chi connectivity index (χ1) is 7.41. The number of rotatable bonds is 3. The highest BCUT2D eigenvalue weighted by atomic mass is 35.5. The van der Waals surface area contributed by atoms with Gasteiger partial charge >= 0.3 is 0 Å². The van der Waals surface area contributed by atoms with E-state index in [0.29, 0.717) is 0 Å². The van der Waals surface area contributed by atoms with E-state index in [1.807, 2.05) is 0 Å². The Morgan fingerprint density at radius 1 is 1.31 bits per heavy atom. The van der Waals surface area contributed by atoms with E-state index in [-0.39, 0.29) is 22.2 Å². The zero-order valence-corrected chi connectivity index (χ0v) is 9.40. The molecule has 1 rings (SSSR count). The average molecular weight is 265 g/mol. The molecule has 0 spiro atoms. The van der Waals surface area contributed by atoms with Crippen LogP contribution in [0.2, 0.25) is 10.0 Å². The molecule has 0 saturated heterocycles. The van der Waals surface area contributed by atoms with Crippen LogP contribution in [0, 0.1) is 5.82 Å². The summed E-state index contributed by atoms with van der Waals surface area (Å²) in [4.78, 5) is 21.8. The Hall–Kier alpha value is -1.33. The van der Waals surface area contributed by atoms with Crippen molar-refractivity contribution in [2.75, 3.05) is 6.54 Å². The normalized spacial score (nSPS) is 9.94. The summed E-state index contributed by atoms with van der Waals surface area (Å²) in [6.45, 7) is -0.348. The second-order valence-electron chi connectivity index (χ2n) is 2.90. The quantitative estimate of drug-likeness (QED) is 0.809. The van der Waals surface area contributed by atoms with Crippen LogP contribution in [-0.2, 0) is 4.79 Å². The monoisotopic (exact) mass is 264 g/mol. The van der Waals surface area contributed by atoms with Crippen molar-refractivity contribution in [3.05, 3.63) is 33.6 Å². The molecule has 0 heterocycles. The minimum absolute atomic E-state index is 0.00614. The van der Waals surface area contributed by atoms with Crippen LogP contribution in [0.15, 0.2) is 12.1 Å². The second-order valence-corrected chi connectivity index (χ2v) is 3.71. The van der Waals surface area contributed by atoms with Crippen LogP contribution in [0.5, 0.6) is 0 Å². The lowest BCUT2D eigenvalue weighted by atomic mass is 10.2. The molecular weight excluding hydrogens is 258 g/mol. The number of nitrogens with two attached hydrogens (primary N) is 1. The number of hydrogen-bond acceptors (Lipinski definition) is 2. The smallest absolute Gasteiger partial charge is 0.253 e. The van der Waals surface area contributed by atoms with Gasteiger partial charge in [-0.15, -0.1) is 0 Å². The predicted octanol–water partition coefficient (Wildman–Crippen LogP) is 1.35. The Morgan fingerprint density at radius 2 is 1.94 bits per heavy atom. The third-order valence-corrected chi connectivity index (χ3v) is 2.28. The zero-order chi connectivity index (χ0) is 12.3. The van der Waals surface area contributed by atoms with Gasteiger partial charge in [0.25, 0.3) is 5.91 Å². The number of nitrogens with one attached hydrogen (secondary N) is 1. The van der Waals surface area contributed by atoms with Crippen molar-refractivity contribution < 1.29 is 14.0 Å². The Kier molecular flexibility index (Phi) is 4.09. The number of primary amides is 1. The number of halogens is 3. The van der Waals surface area contributed by atoms with Gasteiger partial charge in [0.05, 0.1) is 22.2 Å². The van der Waals surface area contributed by atoms with Crippen LogP contribution < -0.4 is 11.1 Å². The SMILES string of the molecule is NC(=O)CNC(=O)c1cc(F)c(Cl)cc1Cl. The molecule has 1 aromatic rings. The highest BCUT2D eigenvalue weighted by molar-refractivity contribution is 6.36. The number of carbonyl (C=O) groups excluding carboxylic acids is 2. The minimum atomic E-state index is -0.768. The summed E-state index contributed by atoms with van der Waals surface area (Å²) in [7, 11) is 0. The van der Waals surface area contributed by atoms with Crippen LogP contribution in [-0.4, -0.2) is 18.4 Å². The van der Waals surface area contributed by atoms with Gasteiger partial charge in [0.1, 0.15) is 5.82 Å². The minimum Gasteiger partial charge on any atom is -0.368 e. The molecule has 0 unspecified atom stereocenters. The number of carbonyl (C=O) groups is 2. The summed E-state index contributed by atoms with van der Waals surface area (Å²) in [6.07, 6.45) is 0. The maximum absolute atomic E-state index is 13.1. The standard InChI is InChI=1S/C9H7Cl2FN2O2/c10-5-2-6(11)7(12)1-4(5)9(16)14-3-8(13)15/h1-2H,3H2,(H2,13,15)(H,14,16). The van der Waals surface area contributed by atoms with Gasteiger partial charge < -0.3 is 11.1 Å². The molecule has 3 N–H and O–H groups in total. The largest absolute Gasteiger partial charge is 0.368 e. The van der Waals surface area contributed by atoms with Crippen LogP contribution in [0.1, 0.15) is 10.4 Å². The molecule has 0 bridgehead atoms. The van der Waals surface area contributed by atoms with E-state index < -0.39 is 17.6 Å². The first-order valence-electron chi connectivity index (χ1n) is 4.13. The van der Waals surface area contributed by atoms with Crippen molar-refractivity contribution in [2.45, 2.75) is 0 Å². The lowest BCUT2D eigenvalue weighted by Crippen LogP contribution is -2.33. The Morgan fingerprint density at radius 3 is 2.50 bits per heavy atom. The fourth-order valence-corrected chi connectivity index (χ4v) is 1.43. The molecule has 4 nitrogen and oxygen atoms in total. The second kappa shape index (κ2) is 5.14. The molecule has 86 valence electrons. The van der Waals surface area contributed by atoms with E-state index in [9.17, 15) is 14.0 Å². The molecule has 16 heavy (non-hydrogen) atoms. The average Bonchev–Trinajstić information content (AvgIpc) is 2.20. The van der Waals surface area contributed by atoms with E-state index >= 15 is 0 Å². The van der Waals surface area contributed by atoms with Crippen LogP contribution in [0.4, 0.5) is 4.39 Å². The van der Waals surface area contributed by atoms with E-state index in [2.05, 4.69) is 5.32 Å². The van der Waals surface area contributed by atoms with Crippen molar-refractivity contribution in [3.63, 3.8) is 0 Å². The molecule has 0 aliphatic carbocycles. The van der Waals surface area contributed by atoms with E-state index in [4.69, 9.17) is 28.9 Å². The van der Waals surface area contributed by atoms with Crippen molar-refractivity contribution in [2.24, 2.45) is 5.73 Å². The molecule has 7 heteroatoms. The molecule has 0 aliphatic heterocycles. The molecule has 0 radical (unpaired) electrons. The van der Waals surface area contributed by atoms with Gasteiger partial charge in [-0.25, -0.2) is 4.39 Å². The van der Waals surface area contributed by atoms with Crippen LogP contribution in [0.3, 0.4) is 0 Å². The lowest BCUT2D eigenvalue weighted by Gasteiger charge is -2.05. The third kappa shape index (κ3) is 3.08. The molecule has 1 aromatic carbocycles. The highest BCUT2D eigenvalue weighted by Gasteiger charge is 2.14. The summed E-state index contributed by atoms with van der Waals surface area (Å²) < 4.78 is 13.1. The van der Waals surface area contributed by atoms with E-state index in [0.717, 1.165) is 12.1 Å². The molecule has 0 saturated carbocycles. The van der Waals surface area contributed by atoms with Crippen LogP contribution in [0.25, 0.3) is 0 Å². The van der Waals surface area contributed by atoms with Gasteiger partial charge in [-0.05, 0) is 12.1 Å². The summed E-state index contributed by atoms with van der Waals surface area (Å²) in [5.41, 5.74) is 4.72. The van der Waals surface area contributed by atoms with Crippen LogP contribution >= 0.6 is 23.2 Å². The van der Waals surface area contributed by atoms with Gasteiger partial charge in [0.2, 0.25) is 5.91 Å². The van der Waals surface area contributed by atoms with Crippen molar-refractivity contribution in [3.8, 4) is 0 Å². The molecule has 0 aliphatic rings. The van der Waals surface area contributed by atoms with Gasteiger partial charge in [-0.3, -0.25) is 9.59 Å². The predicted molar refractivity (Wildman–Crippen MR) is 57.9 cm³/mol. The summed E-state index contributed by atoms with van der Waals surface area (Å²) in [6, 6.07) is 2.00. The Labute approximate surface area is 101 Å². The molecule has 0 atom stereocenters. The fraction of sp³-hybridized carbons (Fsp3) is 0.111. The van der Waals surface area contributed by atoms with Gasteiger partial charge in [0.15, 0.2) is 0 Å². The molecular formula is C9H7Cl2FN2O2. The highest BCUT2D eigenvalue weighted by Crippen LogP contribution is 2.24. The Balaban J connectivity index is 2.91. The topological polar surface area (TPSA) is 72.2 Å². The maximum atomic E-state index is 13.1. The van der Waals surface area contributed by atoms with E-state index in [1.54, 1.807) is 0 Å². The molecule has 2 amide bonds. The van der Waals surface area contributed by atoms with Crippen molar-refractivity contribution >= 4 is 35.0 Å². The number of hydrogen-bond donors (Lipinski definition) is 2. The first kappa shape index (κ1) is 12.7. The number of benzene rings is 1. The van der Waals surface area contributed by atoms with Gasteiger partial charge in [-0.2, -0.15) is 0 Å². The first-order valence-corrected chi connectivity index (χ1v) is 4.88. The van der Waals surface area contributed by atoms with Crippen molar-refractivity contribution in [1.29, 1.82) is 0 Å². The summed E-state index contributed by atoms with van der Waals surface area (Å²) in [5, 5.41) is 1.99.